The van der Waals surface area contributed by atoms with E-state index in [0.717, 1.165) is 18.5 Å². The lowest BCUT2D eigenvalue weighted by atomic mass is 10.2. The van der Waals surface area contributed by atoms with Gasteiger partial charge in [0.25, 0.3) is 0 Å². The lowest BCUT2D eigenvalue weighted by molar-refractivity contribution is 0.386. The van der Waals surface area contributed by atoms with Crippen molar-refractivity contribution in [3.05, 3.63) is 29.6 Å². The van der Waals surface area contributed by atoms with Gasteiger partial charge >= 0.3 is 0 Å². The second-order valence-corrected chi connectivity index (χ2v) is 3.29. The minimum absolute atomic E-state index is 0.278. The van der Waals surface area contributed by atoms with Crippen molar-refractivity contribution in [1.82, 2.24) is 5.32 Å². The van der Waals surface area contributed by atoms with Crippen molar-refractivity contribution in [2.75, 3.05) is 20.2 Å². The van der Waals surface area contributed by atoms with Crippen LogP contribution in [0.15, 0.2) is 18.2 Å². The first-order valence-corrected chi connectivity index (χ1v) is 5.01. The number of halogens is 1. The maximum absolute atomic E-state index is 13.3. The van der Waals surface area contributed by atoms with Crippen molar-refractivity contribution in [3.63, 3.8) is 0 Å². The molecule has 1 aromatic carbocycles. The Morgan fingerprint density at radius 1 is 1.47 bits per heavy atom. The van der Waals surface area contributed by atoms with Crippen molar-refractivity contribution in [1.29, 1.82) is 0 Å². The average Bonchev–Trinajstić information content (AvgIpc) is 2.25. The zero-order chi connectivity index (χ0) is 11.1. The van der Waals surface area contributed by atoms with Crippen molar-refractivity contribution < 1.29 is 9.13 Å². The molecule has 0 aliphatic heterocycles. The van der Waals surface area contributed by atoms with E-state index in [-0.39, 0.29) is 11.6 Å². The van der Waals surface area contributed by atoms with E-state index in [0.29, 0.717) is 13.1 Å². The minimum atomic E-state index is -0.323. The highest BCUT2D eigenvalue weighted by Gasteiger charge is 2.02. The Hall–Kier alpha value is -1.13. The van der Waals surface area contributed by atoms with Crippen LogP contribution in [0.3, 0.4) is 0 Å². The molecular weight excluding hydrogens is 195 g/mol. The van der Waals surface area contributed by atoms with Crippen LogP contribution in [0.4, 0.5) is 4.39 Å². The number of methoxy groups -OCH3 is 1. The van der Waals surface area contributed by atoms with Gasteiger partial charge in [0, 0.05) is 6.54 Å². The van der Waals surface area contributed by atoms with Gasteiger partial charge in [0.05, 0.1) is 7.11 Å². The minimum Gasteiger partial charge on any atom is -0.494 e. The summed E-state index contributed by atoms with van der Waals surface area (Å²) in [5.41, 5.74) is 6.26. The molecule has 0 saturated carbocycles. The van der Waals surface area contributed by atoms with Crippen LogP contribution in [-0.2, 0) is 6.54 Å². The van der Waals surface area contributed by atoms with Crippen LogP contribution in [0, 0.1) is 5.82 Å². The largest absolute Gasteiger partial charge is 0.494 e. The Kier molecular flexibility index (Phi) is 5.07. The first-order valence-electron chi connectivity index (χ1n) is 5.01. The van der Waals surface area contributed by atoms with Gasteiger partial charge in [-0.3, -0.25) is 0 Å². The first kappa shape index (κ1) is 11.9. The summed E-state index contributed by atoms with van der Waals surface area (Å²) in [4.78, 5) is 0. The smallest absolute Gasteiger partial charge is 0.165 e. The number of hydrogen-bond donors (Lipinski definition) is 2. The zero-order valence-electron chi connectivity index (χ0n) is 8.92. The molecule has 1 rings (SSSR count). The molecule has 0 fully saturated rings. The van der Waals surface area contributed by atoms with Crippen LogP contribution in [0.2, 0.25) is 0 Å². The van der Waals surface area contributed by atoms with Gasteiger partial charge in [0.15, 0.2) is 11.6 Å². The summed E-state index contributed by atoms with van der Waals surface area (Å²) in [6.45, 7) is 2.18. The Morgan fingerprint density at radius 2 is 2.27 bits per heavy atom. The number of ether oxygens (including phenoxy) is 1. The molecule has 0 unspecified atom stereocenters. The van der Waals surface area contributed by atoms with Gasteiger partial charge in [-0.15, -0.1) is 0 Å². The van der Waals surface area contributed by atoms with Gasteiger partial charge < -0.3 is 15.8 Å². The molecule has 0 aliphatic rings. The molecule has 0 aromatic heterocycles. The first-order chi connectivity index (χ1) is 7.27. The van der Waals surface area contributed by atoms with E-state index < -0.39 is 0 Å². The van der Waals surface area contributed by atoms with Gasteiger partial charge in [-0.1, -0.05) is 6.07 Å². The lowest BCUT2D eigenvalue weighted by Crippen LogP contribution is -2.17. The summed E-state index contributed by atoms with van der Waals surface area (Å²) >= 11 is 0. The molecule has 3 N–H and O–H groups in total. The van der Waals surface area contributed by atoms with Gasteiger partial charge in [0.1, 0.15) is 0 Å². The summed E-state index contributed by atoms with van der Waals surface area (Å²) in [6, 6.07) is 4.96. The molecule has 15 heavy (non-hydrogen) atoms. The summed E-state index contributed by atoms with van der Waals surface area (Å²) in [7, 11) is 1.46. The number of nitrogens with two attached hydrogens (primary N) is 1. The van der Waals surface area contributed by atoms with Gasteiger partial charge in [-0.05, 0) is 37.2 Å². The topological polar surface area (TPSA) is 47.3 Å². The molecular formula is C11H17FN2O. The number of nitrogens with one attached hydrogen (secondary N) is 1. The Bertz CT molecular complexity index is 305. The second kappa shape index (κ2) is 6.37. The van der Waals surface area contributed by atoms with Gasteiger partial charge in [0.2, 0.25) is 0 Å². The van der Waals surface area contributed by atoms with Crippen molar-refractivity contribution in [2.45, 2.75) is 13.0 Å². The third-order valence-electron chi connectivity index (χ3n) is 2.10. The monoisotopic (exact) mass is 212 g/mol. The van der Waals surface area contributed by atoms with Crippen molar-refractivity contribution in [3.8, 4) is 5.75 Å². The number of benzene rings is 1. The SMILES string of the molecule is COc1ccc(CNCCCN)cc1F. The molecule has 3 nitrogen and oxygen atoms in total. The number of rotatable bonds is 6. The van der Waals surface area contributed by atoms with Crippen LogP contribution in [0.25, 0.3) is 0 Å². The molecule has 0 saturated heterocycles. The highest BCUT2D eigenvalue weighted by atomic mass is 19.1. The van der Waals surface area contributed by atoms with E-state index in [2.05, 4.69) is 5.32 Å². The van der Waals surface area contributed by atoms with Gasteiger partial charge in [-0.2, -0.15) is 0 Å². The van der Waals surface area contributed by atoms with E-state index in [1.54, 1.807) is 6.07 Å². The summed E-state index contributed by atoms with van der Waals surface area (Å²) in [6.07, 6.45) is 0.929. The Labute approximate surface area is 89.4 Å². The van der Waals surface area contributed by atoms with E-state index in [1.165, 1.54) is 13.2 Å². The van der Waals surface area contributed by atoms with Crippen LogP contribution >= 0.6 is 0 Å². The van der Waals surface area contributed by atoms with E-state index in [1.807, 2.05) is 6.07 Å². The highest BCUT2D eigenvalue weighted by molar-refractivity contribution is 5.29. The highest BCUT2D eigenvalue weighted by Crippen LogP contribution is 2.17. The predicted molar refractivity (Wildman–Crippen MR) is 58.3 cm³/mol. The van der Waals surface area contributed by atoms with Gasteiger partial charge in [-0.25, -0.2) is 4.39 Å². The van der Waals surface area contributed by atoms with Crippen molar-refractivity contribution >= 4 is 0 Å². The summed E-state index contributed by atoms with van der Waals surface area (Å²) in [5.74, 6) is -0.0451. The lowest BCUT2D eigenvalue weighted by Gasteiger charge is -2.06. The molecule has 1 aromatic rings. The normalized spacial score (nSPS) is 10.3. The van der Waals surface area contributed by atoms with E-state index in [9.17, 15) is 4.39 Å². The number of hydrogen-bond acceptors (Lipinski definition) is 3. The molecule has 4 heteroatoms. The molecule has 0 heterocycles. The van der Waals surface area contributed by atoms with Crippen LogP contribution in [-0.4, -0.2) is 20.2 Å². The molecule has 84 valence electrons. The maximum Gasteiger partial charge on any atom is 0.165 e. The fourth-order valence-corrected chi connectivity index (χ4v) is 1.28. The van der Waals surface area contributed by atoms with Crippen LogP contribution in [0.5, 0.6) is 5.75 Å². The van der Waals surface area contributed by atoms with E-state index >= 15 is 0 Å². The third kappa shape index (κ3) is 3.85. The standard InChI is InChI=1S/C11H17FN2O/c1-15-11-4-3-9(7-10(11)12)8-14-6-2-5-13/h3-4,7,14H,2,5-6,8,13H2,1H3. The van der Waals surface area contributed by atoms with Crippen molar-refractivity contribution in [2.24, 2.45) is 5.73 Å². The molecule has 0 spiro atoms. The quantitative estimate of drug-likeness (QED) is 0.698. The molecule has 0 amide bonds. The van der Waals surface area contributed by atoms with Crippen LogP contribution < -0.4 is 15.8 Å². The third-order valence-corrected chi connectivity index (χ3v) is 2.10. The molecule has 0 aliphatic carbocycles. The average molecular weight is 212 g/mol. The zero-order valence-corrected chi connectivity index (χ0v) is 8.92. The molecule has 0 bridgehead atoms. The Balaban J connectivity index is 2.45. The Morgan fingerprint density at radius 3 is 2.87 bits per heavy atom. The maximum atomic E-state index is 13.3. The molecule has 0 atom stereocenters. The predicted octanol–water partition coefficient (Wildman–Crippen LogP) is 1.27. The molecule has 0 radical (unpaired) electrons. The van der Waals surface area contributed by atoms with Crippen LogP contribution in [0.1, 0.15) is 12.0 Å². The summed E-state index contributed by atoms with van der Waals surface area (Å²) in [5, 5.41) is 3.18. The fourth-order valence-electron chi connectivity index (χ4n) is 1.28. The fraction of sp³-hybridized carbons (Fsp3) is 0.455. The van der Waals surface area contributed by atoms with E-state index in [4.69, 9.17) is 10.5 Å². The summed E-state index contributed by atoms with van der Waals surface area (Å²) < 4.78 is 18.1. The second-order valence-electron chi connectivity index (χ2n) is 3.29.